The number of hydrogen-bond donors (Lipinski definition) is 0. The summed E-state index contributed by atoms with van der Waals surface area (Å²) in [5, 5.41) is 0. The predicted molar refractivity (Wildman–Crippen MR) is 82.9 cm³/mol. The first-order valence-electron chi connectivity index (χ1n) is 7.04. The zero-order chi connectivity index (χ0) is 15.6. The fourth-order valence-corrected chi connectivity index (χ4v) is 4.12. The molecule has 0 N–H and O–H groups in total. The van der Waals surface area contributed by atoms with E-state index < -0.39 is 21.5 Å². The van der Waals surface area contributed by atoms with Crippen molar-refractivity contribution in [2.75, 3.05) is 5.75 Å². The minimum atomic E-state index is -3.79. The van der Waals surface area contributed by atoms with E-state index in [-0.39, 0.29) is 18.6 Å². The highest BCUT2D eigenvalue weighted by Crippen LogP contribution is 2.32. The Morgan fingerprint density at radius 3 is 1.68 bits per heavy atom. The number of carbonyl (C=O) groups excluding carboxylic acids is 1. The Kier molecular flexibility index (Phi) is 3.85. The zero-order valence-corrected chi connectivity index (χ0v) is 12.8. The highest BCUT2D eigenvalue weighted by Gasteiger charge is 2.51. The van der Waals surface area contributed by atoms with Crippen LogP contribution in [0.1, 0.15) is 11.1 Å². The maximum absolute atomic E-state index is 12.4. The Bertz CT molecular complexity index is 725. The fraction of sp³-hybridized carbons (Fsp3) is 0.235. The standard InChI is InChI=1S/C17H16O4S/c18-16-13-22(19,20)21-17(16,11-14-7-3-1-4-8-14)12-15-9-5-2-6-10-15/h1-10H,11-13H2. The first kappa shape index (κ1) is 14.9. The predicted octanol–water partition coefficient (Wildman–Crippen LogP) is 2.14. The van der Waals surface area contributed by atoms with Crippen molar-refractivity contribution in [3.05, 3.63) is 71.8 Å². The highest BCUT2D eigenvalue weighted by molar-refractivity contribution is 7.88. The highest BCUT2D eigenvalue weighted by atomic mass is 32.2. The van der Waals surface area contributed by atoms with Gasteiger partial charge >= 0.3 is 0 Å². The molecule has 1 aliphatic heterocycles. The summed E-state index contributed by atoms with van der Waals surface area (Å²) in [5.74, 6) is -0.924. The van der Waals surface area contributed by atoms with Crippen LogP contribution in [0.15, 0.2) is 60.7 Å². The van der Waals surface area contributed by atoms with Crippen LogP contribution < -0.4 is 0 Å². The average molecular weight is 316 g/mol. The summed E-state index contributed by atoms with van der Waals surface area (Å²) in [5.41, 5.74) is 0.425. The average Bonchev–Trinajstić information content (AvgIpc) is 2.70. The number of ketones is 1. The lowest BCUT2D eigenvalue weighted by Gasteiger charge is -2.25. The maximum atomic E-state index is 12.4. The molecule has 0 spiro atoms. The van der Waals surface area contributed by atoms with E-state index in [0.29, 0.717) is 0 Å². The molecule has 0 atom stereocenters. The van der Waals surface area contributed by atoms with Crippen molar-refractivity contribution in [3.8, 4) is 0 Å². The molecule has 0 aliphatic carbocycles. The van der Waals surface area contributed by atoms with Gasteiger partial charge < -0.3 is 0 Å². The molecule has 0 saturated carbocycles. The van der Waals surface area contributed by atoms with Gasteiger partial charge in [0.15, 0.2) is 11.4 Å². The van der Waals surface area contributed by atoms with Gasteiger partial charge in [-0.25, -0.2) is 0 Å². The second-order valence-corrected chi connectivity index (χ2v) is 7.10. The lowest BCUT2D eigenvalue weighted by Crippen LogP contribution is -2.41. The lowest BCUT2D eigenvalue weighted by molar-refractivity contribution is -0.128. The summed E-state index contributed by atoms with van der Waals surface area (Å²) in [4.78, 5) is 12.4. The molecule has 5 heteroatoms. The van der Waals surface area contributed by atoms with Gasteiger partial charge in [-0.3, -0.25) is 8.98 Å². The van der Waals surface area contributed by atoms with E-state index in [1.807, 2.05) is 60.7 Å². The van der Waals surface area contributed by atoms with Gasteiger partial charge in [-0.15, -0.1) is 0 Å². The molecule has 3 rings (SSSR count). The van der Waals surface area contributed by atoms with Gasteiger partial charge in [-0.1, -0.05) is 60.7 Å². The molecule has 2 aromatic carbocycles. The van der Waals surface area contributed by atoms with Crippen LogP contribution >= 0.6 is 0 Å². The Labute approximate surface area is 129 Å². The molecule has 0 bridgehead atoms. The van der Waals surface area contributed by atoms with Crippen molar-refractivity contribution >= 4 is 15.9 Å². The molecule has 0 amide bonds. The molecular formula is C17H16O4S. The van der Waals surface area contributed by atoms with Gasteiger partial charge in [0.2, 0.25) is 0 Å². The van der Waals surface area contributed by atoms with Gasteiger partial charge in [-0.05, 0) is 11.1 Å². The van der Waals surface area contributed by atoms with Gasteiger partial charge in [0, 0.05) is 12.8 Å². The molecule has 0 unspecified atom stereocenters. The number of hydrogen-bond acceptors (Lipinski definition) is 4. The van der Waals surface area contributed by atoms with E-state index in [1.54, 1.807) is 0 Å². The van der Waals surface area contributed by atoms with Crippen molar-refractivity contribution in [1.82, 2.24) is 0 Å². The van der Waals surface area contributed by atoms with Crippen LogP contribution in [0.3, 0.4) is 0 Å². The van der Waals surface area contributed by atoms with Gasteiger partial charge in [0.25, 0.3) is 10.1 Å². The van der Waals surface area contributed by atoms with Crippen LogP contribution in [0, 0.1) is 0 Å². The van der Waals surface area contributed by atoms with Crippen LogP contribution in [-0.2, 0) is 31.9 Å². The fourth-order valence-electron chi connectivity index (χ4n) is 2.78. The zero-order valence-electron chi connectivity index (χ0n) is 11.9. The van der Waals surface area contributed by atoms with Gasteiger partial charge in [0.05, 0.1) is 0 Å². The third kappa shape index (κ3) is 3.10. The topological polar surface area (TPSA) is 60.4 Å². The van der Waals surface area contributed by atoms with E-state index in [4.69, 9.17) is 4.18 Å². The summed E-state index contributed by atoms with van der Waals surface area (Å²) in [6.45, 7) is 0. The number of carbonyl (C=O) groups is 1. The summed E-state index contributed by atoms with van der Waals surface area (Å²) >= 11 is 0. The molecule has 1 saturated heterocycles. The summed E-state index contributed by atoms with van der Waals surface area (Å²) in [6.07, 6.45) is 0.502. The largest absolute Gasteiger partial charge is 0.295 e. The van der Waals surface area contributed by atoms with E-state index in [9.17, 15) is 13.2 Å². The van der Waals surface area contributed by atoms with E-state index in [1.165, 1.54) is 0 Å². The minimum absolute atomic E-state index is 0.251. The van der Waals surface area contributed by atoms with Crippen molar-refractivity contribution < 1.29 is 17.4 Å². The second kappa shape index (κ2) is 5.66. The molecule has 0 aromatic heterocycles. The minimum Gasteiger partial charge on any atom is -0.295 e. The SMILES string of the molecule is O=C1CS(=O)(=O)OC1(Cc1ccccc1)Cc1ccccc1. The smallest absolute Gasteiger partial charge is 0.275 e. The summed E-state index contributed by atoms with van der Waals surface area (Å²) in [6, 6.07) is 18.7. The number of benzene rings is 2. The molecular weight excluding hydrogens is 300 g/mol. The molecule has 2 aromatic rings. The van der Waals surface area contributed by atoms with Crippen LogP contribution in [-0.4, -0.2) is 25.6 Å². The summed E-state index contributed by atoms with van der Waals surface area (Å²) < 4.78 is 28.9. The molecule has 1 fully saturated rings. The van der Waals surface area contributed by atoms with Crippen molar-refractivity contribution in [1.29, 1.82) is 0 Å². The Hall–Kier alpha value is -1.98. The molecule has 1 heterocycles. The quantitative estimate of drug-likeness (QED) is 0.811. The first-order valence-corrected chi connectivity index (χ1v) is 8.61. The molecule has 22 heavy (non-hydrogen) atoms. The van der Waals surface area contributed by atoms with Gasteiger partial charge in [0.1, 0.15) is 5.75 Å². The Morgan fingerprint density at radius 1 is 0.864 bits per heavy atom. The molecule has 0 radical (unpaired) electrons. The third-order valence-corrected chi connectivity index (χ3v) is 4.96. The van der Waals surface area contributed by atoms with Crippen LogP contribution in [0.25, 0.3) is 0 Å². The van der Waals surface area contributed by atoms with Crippen molar-refractivity contribution in [3.63, 3.8) is 0 Å². The number of Topliss-reactive ketones (excluding diaryl/α,β-unsaturated/α-hetero) is 1. The molecule has 1 aliphatic rings. The Balaban J connectivity index is 1.97. The molecule has 114 valence electrons. The maximum Gasteiger partial charge on any atom is 0.275 e. The summed E-state index contributed by atoms with van der Waals surface area (Å²) in [7, 11) is -3.79. The second-order valence-electron chi connectivity index (χ2n) is 5.53. The van der Waals surface area contributed by atoms with Crippen molar-refractivity contribution in [2.45, 2.75) is 18.4 Å². The van der Waals surface area contributed by atoms with E-state index in [2.05, 4.69) is 0 Å². The van der Waals surface area contributed by atoms with Crippen LogP contribution in [0.5, 0.6) is 0 Å². The van der Waals surface area contributed by atoms with Crippen LogP contribution in [0.2, 0.25) is 0 Å². The van der Waals surface area contributed by atoms with Crippen LogP contribution in [0.4, 0.5) is 0 Å². The van der Waals surface area contributed by atoms with Gasteiger partial charge in [-0.2, -0.15) is 8.42 Å². The number of rotatable bonds is 4. The third-order valence-electron chi connectivity index (χ3n) is 3.77. The van der Waals surface area contributed by atoms with E-state index in [0.717, 1.165) is 11.1 Å². The van der Waals surface area contributed by atoms with E-state index >= 15 is 0 Å². The normalized spacial score (nSPS) is 19.2. The Morgan fingerprint density at radius 2 is 1.32 bits per heavy atom. The monoisotopic (exact) mass is 316 g/mol. The van der Waals surface area contributed by atoms with Crippen molar-refractivity contribution in [2.24, 2.45) is 0 Å². The first-order chi connectivity index (χ1) is 10.5. The lowest BCUT2D eigenvalue weighted by atomic mass is 9.85. The molecule has 4 nitrogen and oxygen atoms in total.